The number of amides is 2. The van der Waals surface area contributed by atoms with Crippen LogP contribution < -0.4 is 5.73 Å². The zero-order valence-corrected chi connectivity index (χ0v) is 14.9. The van der Waals surface area contributed by atoms with Crippen molar-refractivity contribution in [3.63, 3.8) is 0 Å². The summed E-state index contributed by atoms with van der Waals surface area (Å²) in [5.41, 5.74) is 6.25. The third-order valence-electron chi connectivity index (χ3n) is 6.23. The molecule has 2 atom stereocenters. The van der Waals surface area contributed by atoms with Crippen LogP contribution in [0.2, 0.25) is 0 Å². The smallest absolute Gasteiger partial charge is 0.227 e. The first kappa shape index (κ1) is 17.7. The first-order valence-electron chi connectivity index (χ1n) is 9.97. The Morgan fingerprint density at radius 2 is 1.46 bits per heavy atom. The van der Waals surface area contributed by atoms with Crippen molar-refractivity contribution in [3.8, 4) is 0 Å². The molecule has 0 bridgehead atoms. The number of nitrogens with zero attached hydrogens (tertiary/aromatic N) is 2. The first-order valence-corrected chi connectivity index (χ1v) is 9.97. The maximum Gasteiger partial charge on any atom is 0.227 e. The Labute approximate surface area is 145 Å². The van der Waals surface area contributed by atoms with Gasteiger partial charge in [0.05, 0.1) is 5.92 Å². The monoisotopic (exact) mass is 335 g/mol. The maximum absolute atomic E-state index is 12.8. The molecular formula is C19H33N3O2. The predicted octanol–water partition coefficient (Wildman–Crippen LogP) is 2.15. The van der Waals surface area contributed by atoms with Crippen LogP contribution in [0.4, 0.5) is 0 Å². The summed E-state index contributed by atoms with van der Waals surface area (Å²) in [6, 6.07) is 0.0365. The highest BCUT2D eigenvalue weighted by atomic mass is 16.2. The van der Waals surface area contributed by atoms with Gasteiger partial charge in [-0.3, -0.25) is 9.59 Å². The average molecular weight is 335 g/mol. The van der Waals surface area contributed by atoms with E-state index in [0.29, 0.717) is 18.2 Å². The molecule has 2 heterocycles. The molecule has 5 heteroatoms. The molecule has 3 fully saturated rings. The van der Waals surface area contributed by atoms with Crippen molar-refractivity contribution < 1.29 is 9.59 Å². The highest BCUT2D eigenvalue weighted by molar-refractivity contribution is 5.80. The largest absolute Gasteiger partial charge is 0.343 e. The minimum atomic E-state index is 0.0234. The summed E-state index contributed by atoms with van der Waals surface area (Å²) >= 11 is 0. The second kappa shape index (κ2) is 8.32. The number of hydrogen-bond donors (Lipinski definition) is 1. The lowest BCUT2D eigenvalue weighted by Crippen LogP contribution is -2.47. The highest BCUT2D eigenvalue weighted by Gasteiger charge is 2.33. The normalized spacial score (nSPS) is 29.5. The molecule has 5 nitrogen and oxygen atoms in total. The first-order chi connectivity index (χ1) is 11.6. The van der Waals surface area contributed by atoms with Crippen LogP contribution in [0.25, 0.3) is 0 Å². The van der Waals surface area contributed by atoms with Gasteiger partial charge in [-0.25, -0.2) is 0 Å². The molecule has 0 spiro atoms. The molecular weight excluding hydrogens is 302 g/mol. The molecule has 2 N–H and O–H groups in total. The fourth-order valence-corrected chi connectivity index (χ4v) is 4.58. The van der Waals surface area contributed by atoms with Gasteiger partial charge in [-0.05, 0) is 44.4 Å². The molecule has 3 rings (SSSR count). The van der Waals surface area contributed by atoms with Gasteiger partial charge in [0.2, 0.25) is 11.8 Å². The molecule has 24 heavy (non-hydrogen) atoms. The van der Waals surface area contributed by atoms with Crippen molar-refractivity contribution in [1.82, 2.24) is 9.80 Å². The Hall–Kier alpha value is -1.10. The van der Waals surface area contributed by atoms with E-state index in [2.05, 4.69) is 0 Å². The SMILES string of the molecule is NC1CCCCCC1C(=O)N1CCC(CC(=O)N2CCCC2)CC1. The third-order valence-corrected chi connectivity index (χ3v) is 6.23. The summed E-state index contributed by atoms with van der Waals surface area (Å²) in [4.78, 5) is 29.1. The van der Waals surface area contributed by atoms with E-state index in [0.717, 1.165) is 77.5 Å². The summed E-state index contributed by atoms with van der Waals surface area (Å²) in [5.74, 6) is 1.07. The molecule has 0 aromatic heterocycles. The molecule has 0 aromatic carbocycles. The lowest BCUT2D eigenvalue weighted by atomic mass is 9.89. The summed E-state index contributed by atoms with van der Waals surface area (Å²) in [5, 5.41) is 0. The second-order valence-electron chi connectivity index (χ2n) is 7.97. The number of piperidine rings is 1. The van der Waals surface area contributed by atoms with Gasteiger partial charge in [0.15, 0.2) is 0 Å². The van der Waals surface area contributed by atoms with E-state index >= 15 is 0 Å². The zero-order valence-electron chi connectivity index (χ0n) is 14.9. The van der Waals surface area contributed by atoms with Crippen LogP contribution in [0.1, 0.15) is 64.2 Å². The Morgan fingerprint density at radius 1 is 0.792 bits per heavy atom. The number of carbonyl (C=O) groups excluding carboxylic acids is 2. The van der Waals surface area contributed by atoms with Crippen LogP contribution in [0, 0.1) is 11.8 Å². The lowest BCUT2D eigenvalue weighted by Gasteiger charge is -2.35. The number of hydrogen-bond acceptors (Lipinski definition) is 3. The van der Waals surface area contributed by atoms with Gasteiger partial charge in [-0.1, -0.05) is 19.3 Å². The summed E-state index contributed by atoms with van der Waals surface area (Å²) in [7, 11) is 0. The molecule has 0 radical (unpaired) electrons. The topological polar surface area (TPSA) is 66.6 Å². The van der Waals surface area contributed by atoms with Crippen molar-refractivity contribution in [2.75, 3.05) is 26.2 Å². The predicted molar refractivity (Wildman–Crippen MR) is 94.3 cm³/mol. The van der Waals surface area contributed by atoms with Crippen molar-refractivity contribution in [2.24, 2.45) is 17.6 Å². The molecule has 1 aliphatic carbocycles. The third kappa shape index (κ3) is 4.29. The van der Waals surface area contributed by atoms with E-state index in [1.54, 1.807) is 0 Å². The van der Waals surface area contributed by atoms with Crippen molar-refractivity contribution in [2.45, 2.75) is 70.3 Å². The lowest BCUT2D eigenvalue weighted by molar-refractivity contribution is -0.138. The van der Waals surface area contributed by atoms with Crippen molar-refractivity contribution in [3.05, 3.63) is 0 Å². The van der Waals surface area contributed by atoms with Gasteiger partial charge >= 0.3 is 0 Å². The van der Waals surface area contributed by atoms with Crippen LogP contribution in [0.5, 0.6) is 0 Å². The number of rotatable bonds is 3. The van der Waals surface area contributed by atoms with Crippen molar-refractivity contribution in [1.29, 1.82) is 0 Å². The maximum atomic E-state index is 12.8. The second-order valence-corrected chi connectivity index (χ2v) is 7.97. The minimum Gasteiger partial charge on any atom is -0.343 e. The number of carbonyl (C=O) groups is 2. The molecule has 2 amide bonds. The quantitative estimate of drug-likeness (QED) is 0.804. The zero-order chi connectivity index (χ0) is 16.9. The van der Waals surface area contributed by atoms with Crippen molar-refractivity contribution >= 4 is 11.8 Å². The molecule has 136 valence electrons. The van der Waals surface area contributed by atoms with E-state index in [4.69, 9.17) is 5.73 Å². The van der Waals surface area contributed by atoms with Gasteiger partial charge in [0, 0.05) is 38.6 Å². The number of likely N-dealkylation sites (tertiary alicyclic amines) is 2. The fraction of sp³-hybridized carbons (Fsp3) is 0.895. The van der Waals surface area contributed by atoms with E-state index in [9.17, 15) is 9.59 Å². The Balaban J connectivity index is 1.45. The standard InChI is InChI=1S/C19H33N3O2/c20-17-7-3-1-2-6-16(17)19(24)22-12-8-15(9-13-22)14-18(23)21-10-4-5-11-21/h15-17H,1-14,20H2. The van der Waals surface area contributed by atoms with E-state index in [1.807, 2.05) is 9.80 Å². The van der Waals surface area contributed by atoms with E-state index in [1.165, 1.54) is 6.42 Å². The Kier molecular flexibility index (Phi) is 6.14. The van der Waals surface area contributed by atoms with Crippen LogP contribution in [-0.2, 0) is 9.59 Å². The summed E-state index contributed by atoms with van der Waals surface area (Å²) in [6.07, 6.45) is 10.3. The summed E-state index contributed by atoms with van der Waals surface area (Å²) < 4.78 is 0. The van der Waals surface area contributed by atoms with Gasteiger partial charge in [0.1, 0.15) is 0 Å². The van der Waals surface area contributed by atoms with Crippen LogP contribution >= 0.6 is 0 Å². The highest BCUT2D eigenvalue weighted by Crippen LogP contribution is 2.28. The molecule has 1 saturated carbocycles. The van der Waals surface area contributed by atoms with Gasteiger partial charge in [0.25, 0.3) is 0 Å². The molecule has 2 aliphatic heterocycles. The Morgan fingerprint density at radius 3 is 2.17 bits per heavy atom. The van der Waals surface area contributed by atoms with E-state index < -0.39 is 0 Å². The van der Waals surface area contributed by atoms with Crippen LogP contribution in [-0.4, -0.2) is 53.8 Å². The molecule has 0 aromatic rings. The van der Waals surface area contributed by atoms with Gasteiger partial charge in [-0.15, -0.1) is 0 Å². The molecule has 2 saturated heterocycles. The minimum absolute atomic E-state index is 0.0234. The molecule has 3 aliphatic rings. The summed E-state index contributed by atoms with van der Waals surface area (Å²) in [6.45, 7) is 3.49. The molecule has 2 unspecified atom stereocenters. The van der Waals surface area contributed by atoms with E-state index in [-0.39, 0.29) is 17.9 Å². The fourth-order valence-electron chi connectivity index (χ4n) is 4.58. The average Bonchev–Trinajstić information content (AvgIpc) is 3.04. The Bertz CT molecular complexity index is 440. The van der Waals surface area contributed by atoms with Gasteiger partial charge < -0.3 is 15.5 Å². The van der Waals surface area contributed by atoms with Crippen LogP contribution in [0.15, 0.2) is 0 Å². The van der Waals surface area contributed by atoms with Gasteiger partial charge in [-0.2, -0.15) is 0 Å². The number of nitrogens with two attached hydrogens (primary N) is 1. The van der Waals surface area contributed by atoms with Crippen LogP contribution in [0.3, 0.4) is 0 Å².